The molecule has 0 amide bonds. The molecule has 170 valence electrons. The first-order valence-corrected chi connectivity index (χ1v) is 11.6. The van der Waals surface area contributed by atoms with Gasteiger partial charge in [-0.25, -0.2) is 12.8 Å². The lowest BCUT2D eigenvalue weighted by Crippen LogP contribution is -2.32. The van der Waals surface area contributed by atoms with Crippen molar-refractivity contribution in [3.63, 3.8) is 0 Å². The van der Waals surface area contributed by atoms with Crippen LogP contribution in [0, 0.1) is 5.82 Å². The fraction of sp³-hybridized carbons (Fsp3) is 0.250. The van der Waals surface area contributed by atoms with Crippen molar-refractivity contribution in [2.75, 3.05) is 26.8 Å². The highest BCUT2D eigenvalue weighted by Gasteiger charge is 2.18. The zero-order valence-electron chi connectivity index (χ0n) is 17.7. The third-order valence-corrected chi connectivity index (χ3v) is 6.58. The summed E-state index contributed by atoms with van der Waals surface area (Å²) in [6.45, 7) is 1.04. The number of rotatable bonds is 11. The molecular weight excluding hydrogens is 433 g/mol. The van der Waals surface area contributed by atoms with Crippen molar-refractivity contribution < 1.29 is 27.4 Å². The van der Waals surface area contributed by atoms with Crippen molar-refractivity contribution >= 4 is 9.84 Å². The summed E-state index contributed by atoms with van der Waals surface area (Å²) in [4.78, 5) is 0.402. The first-order valence-electron chi connectivity index (χ1n) is 10.1. The number of hydrogen-bond donors (Lipinski definition) is 2. The Morgan fingerprint density at radius 1 is 0.969 bits per heavy atom. The molecule has 0 bridgehead atoms. The van der Waals surface area contributed by atoms with E-state index < -0.39 is 15.9 Å². The zero-order chi connectivity index (χ0) is 23.0. The number of hydrogen-bond acceptors (Lipinski definition) is 6. The summed E-state index contributed by atoms with van der Waals surface area (Å²) in [7, 11) is -2.13. The highest BCUT2D eigenvalue weighted by atomic mass is 32.2. The molecule has 0 heterocycles. The Morgan fingerprint density at radius 3 is 2.38 bits per heavy atom. The molecule has 0 aromatic heterocycles. The van der Waals surface area contributed by atoms with E-state index in [0.29, 0.717) is 31.0 Å². The van der Waals surface area contributed by atoms with E-state index in [-0.39, 0.29) is 22.2 Å². The monoisotopic (exact) mass is 459 g/mol. The van der Waals surface area contributed by atoms with Crippen LogP contribution < -0.4 is 14.8 Å². The third-order valence-electron chi connectivity index (χ3n) is 4.81. The van der Waals surface area contributed by atoms with Gasteiger partial charge in [-0.1, -0.05) is 18.2 Å². The average Bonchev–Trinajstić information content (AvgIpc) is 2.82. The van der Waals surface area contributed by atoms with E-state index in [2.05, 4.69) is 5.32 Å². The summed E-state index contributed by atoms with van der Waals surface area (Å²) in [6.07, 6.45) is -0.0409. The molecule has 3 aromatic rings. The Balaban J connectivity index is 1.45. The minimum atomic E-state index is -3.62. The molecule has 0 radical (unpaired) electrons. The molecule has 0 saturated heterocycles. The lowest BCUT2D eigenvalue weighted by atomic mass is 10.1. The lowest BCUT2D eigenvalue weighted by molar-refractivity contribution is 0.106. The molecular formula is C24H26FNO5S. The highest BCUT2D eigenvalue weighted by Crippen LogP contribution is 2.24. The summed E-state index contributed by atoms with van der Waals surface area (Å²) < 4.78 is 49.0. The first-order chi connectivity index (χ1) is 15.4. The summed E-state index contributed by atoms with van der Waals surface area (Å²) in [6, 6.07) is 18.7. The quantitative estimate of drug-likeness (QED) is 0.428. The van der Waals surface area contributed by atoms with E-state index in [4.69, 9.17) is 9.47 Å². The predicted molar refractivity (Wildman–Crippen MR) is 119 cm³/mol. The SMILES string of the molecule is COc1cccc(S(=O)(=O)c2ccc(CCNC[C@H](O)COc3ccc(F)cc3)cc2)c1. The van der Waals surface area contributed by atoms with Gasteiger partial charge in [-0.3, -0.25) is 0 Å². The van der Waals surface area contributed by atoms with Gasteiger partial charge in [0.1, 0.15) is 30.0 Å². The van der Waals surface area contributed by atoms with Crippen LogP contribution in [0.1, 0.15) is 5.56 Å². The van der Waals surface area contributed by atoms with Crippen LogP contribution in [0.5, 0.6) is 11.5 Å². The lowest BCUT2D eigenvalue weighted by Gasteiger charge is -2.13. The van der Waals surface area contributed by atoms with Gasteiger partial charge in [0.05, 0.1) is 16.9 Å². The van der Waals surface area contributed by atoms with Crippen molar-refractivity contribution in [1.82, 2.24) is 5.32 Å². The Hall–Kier alpha value is -2.94. The number of benzene rings is 3. The van der Waals surface area contributed by atoms with Gasteiger partial charge in [0.15, 0.2) is 0 Å². The van der Waals surface area contributed by atoms with Crippen molar-refractivity contribution in [2.45, 2.75) is 22.3 Å². The van der Waals surface area contributed by atoms with E-state index in [1.807, 2.05) is 0 Å². The molecule has 0 aliphatic rings. The second-order valence-electron chi connectivity index (χ2n) is 7.20. The molecule has 1 atom stereocenters. The van der Waals surface area contributed by atoms with Crippen LogP contribution in [-0.2, 0) is 16.3 Å². The summed E-state index contributed by atoms with van der Waals surface area (Å²) in [5, 5.41) is 13.1. The van der Waals surface area contributed by atoms with Gasteiger partial charge < -0.3 is 19.9 Å². The van der Waals surface area contributed by atoms with Crippen LogP contribution in [0.25, 0.3) is 0 Å². The van der Waals surface area contributed by atoms with E-state index in [0.717, 1.165) is 5.56 Å². The topological polar surface area (TPSA) is 84.9 Å². The molecule has 0 fully saturated rings. The van der Waals surface area contributed by atoms with Crippen LogP contribution >= 0.6 is 0 Å². The number of ether oxygens (including phenoxy) is 2. The van der Waals surface area contributed by atoms with Crippen molar-refractivity contribution in [3.05, 3.63) is 84.2 Å². The van der Waals surface area contributed by atoms with Crippen molar-refractivity contribution in [2.24, 2.45) is 0 Å². The Bertz CT molecular complexity index is 1100. The molecule has 8 heteroatoms. The standard InChI is InChI=1S/C24H26FNO5S/c1-30-22-3-2-4-24(15-22)32(28,29)23-11-5-18(6-12-23)13-14-26-16-20(27)17-31-21-9-7-19(25)8-10-21/h2-12,15,20,26-27H,13-14,16-17H2,1H3/t20-/m0/s1. The van der Waals surface area contributed by atoms with E-state index in [1.54, 1.807) is 42.5 Å². The summed E-state index contributed by atoms with van der Waals surface area (Å²) in [5.74, 6) is 0.638. The molecule has 3 rings (SSSR count). The van der Waals surface area contributed by atoms with Crippen LogP contribution in [0.3, 0.4) is 0 Å². The van der Waals surface area contributed by atoms with Gasteiger partial charge >= 0.3 is 0 Å². The molecule has 3 aromatic carbocycles. The van der Waals surface area contributed by atoms with Gasteiger partial charge in [-0.05, 0) is 73.1 Å². The molecule has 0 unspecified atom stereocenters. The minimum absolute atomic E-state index is 0.0927. The van der Waals surface area contributed by atoms with E-state index in [1.165, 1.54) is 37.4 Å². The Morgan fingerprint density at radius 2 is 1.69 bits per heavy atom. The maximum absolute atomic E-state index is 12.9. The molecule has 0 spiro atoms. The van der Waals surface area contributed by atoms with Crippen LogP contribution in [-0.4, -0.2) is 46.4 Å². The van der Waals surface area contributed by atoms with Gasteiger partial charge in [0.2, 0.25) is 9.84 Å². The van der Waals surface area contributed by atoms with Crippen LogP contribution in [0.15, 0.2) is 82.6 Å². The van der Waals surface area contributed by atoms with Crippen molar-refractivity contribution in [3.8, 4) is 11.5 Å². The van der Waals surface area contributed by atoms with Gasteiger partial charge in [-0.15, -0.1) is 0 Å². The summed E-state index contributed by atoms with van der Waals surface area (Å²) >= 11 is 0. The number of sulfone groups is 1. The number of halogens is 1. The maximum Gasteiger partial charge on any atom is 0.206 e. The van der Waals surface area contributed by atoms with Crippen molar-refractivity contribution in [1.29, 1.82) is 0 Å². The van der Waals surface area contributed by atoms with Gasteiger partial charge in [-0.2, -0.15) is 0 Å². The number of aliphatic hydroxyl groups excluding tert-OH is 1. The maximum atomic E-state index is 12.9. The zero-order valence-corrected chi connectivity index (χ0v) is 18.5. The second-order valence-corrected chi connectivity index (χ2v) is 9.15. The second kappa shape index (κ2) is 11.1. The Kier molecular flexibility index (Phi) is 8.21. The largest absolute Gasteiger partial charge is 0.497 e. The molecule has 0 saturated carbocycles. The predicted octanol–water partition coefficient (Wildman–Crippen LogP) is 3.24. The fourth-order valence-electron chi connectivity index (χ4n) is 3.02. The number of aliphatic hydroxyl groups is 1. The smallest absolute Gasteiger partial charge is 0.206 e. The summed E-state index contributed by atoms with van der Waals surface area (Å²) in [5.41, 5.74) is 0.971. The molecule has 2 N–H and O–H groups in total. The number of nitrogens with one attached hydrogen (secondary N) is 1. The van der Waals surface area contributed by atoms with Gasteiger partial charge in [0, 0.05) is 6.54 Å². The number of methoxy groups -OCH3 is 1. The fourth-order valence-corrected chi connectivity index (χ4v) is 4.32. The average molecular weight is 460 g/mol. The van der Waals surface area contributed by atoms with E-state index >= 15 is 0 Å². The molecule has 0 aliphatic carbocycles. The molecule has 6 nitrogen and oxygen atoms in total. The minimum Gasteiger partial charge on any atom is -0.497 e. The van der Waals surface area contributed by atoms with Crippen LogP contribution in [0.2, 0.25) is 0 Å². The first kappa shape index (κ1) is 23.7. The third kappa shape index (κ3) is 6.53. The Labute approximate surface area is 187 Å². The molecule has 0 aliphatic heterocycles. The molecule has 32 heavy (non-hydrogen) atoms. The normalized spacial score (nSPS) is 12.3. The highest BCUT2D eigenvalue weighted by molar-refractivity contribution is 7.91. The van der Waals surface area contributed by atoms with Gasteiger partial charge in [0.25, 0.3) is 0 Å². The van der Waals surface area contributed by atoms with E-state index in [9.17, 15) is 17.9 Å². The van der Waals surface area contributed by atoms with Crippen LogP contribution in [0.4, 0.5) is 4.39 Å².